The van der Waals surface area contributed by atoms with E-state index in [1.54, 1.807) is 12.1 Å². The Bertz CT molecular complexity index is 421. The van der Waals surface area contributed by atoms with Crippen molar-refractivity contribution in [1.82, 2.24) is 5.32 Å². The van der Waals surface area contributed by atoms with Crippen LogP contribution in [0.3, 0.4) is 0 Å². The Labute approximate surface area is 112 Å². The molecule has 18 heavy (non-hydrogen) atoms. The number of phenols is 1. The third-order valence-electron chi connectivity index (χ3n) is 2.59. The molecule has 0 saturated carbocycles. The second kappa shape index (κ2) is 6.61. The fraction of sp³-hybridized carbons (Fsp3) is 0.462. The van der Waals surface area contributed by atoms with Crippen LogP contribution in [-0.2, 0) is 11.3 Å². The summed E-state index contributed by atoms with van der Waals surface area (Å²) >= 11 is 5.82. The molecule has 5 heteroatoms. The third kappa shape index (κ3) is 4.55. The number of nitrogens with one attached hydrogen (secondary N) is 1. The average molecular weight is 272 g/mol. The zero-order valence-electron chi connectivity index (χ0n) is 10.5. The van der Waals surface area contributed by atoms with Crippen LogP contribution < -0.4 is 5.32 Å². The summed E-state index contributed by atoms with van der Waals surface area (Å²) < 4.78 is 0. The average Bonchev–Trinajstić information content (AvgIpc) is 2.27. The van der Waals surface area contributed by atoms with E-state index in [1.807, 2.05) is 13.8 Å². The fourth-order valence-electron chi connectivity index (χ4n) is 1.67. The molecule has 1 aromatic carbocycles. The predicted molar refractivity (Wildman–Crippen MR) is 70.8 cm³/mol. The number of halogens is 1. The van der Waals surface area contributed by atoms with Crippen molar-refractivity contribution in [3.8, 4) is 5.75 Å². The highest BCUT2D eigenvalue weighted by Crippen LogP contribution is 2.21. The van der Waals surface area contributed by atoms with Gasteiger partial charge in [-0.2, -0.15) is 0 Å². The minimum atomic E-state index is -0.884. The first-order chi connectivity index (χ1) is 8.40. The number of hydrogen-bond donors (Lipinski definition) is 3. The van der Waals surface area contributed by atoms with Crippen molar-refractivity contribution in [1.29, 1.82) is 0 Å². The Morgan fingerprint density at radius 2 is 2.11 bits per heavy atom. The molecule has 0 aromatic heterocycles. The molecule has 0 saturated heterocycles. The molecule has 0 spiro atoms. The number of carboxylic acid groups (broad SMARTS) is 1. The first kappa shape index (κ1) is 14.8. The van der Waals surface area contributed by atoms with Crippen molar-refractivity contribution in [3.05, 3.63) is 28.8 Å². The Morgan fingerprint density at radius 3 is 2.67 bits per heavy atom. The van der Waals surface area contributed by atoms with Crippen LogP contribution in [0.1, 0.15) is 25.8 Å². The van der Waals surface area contributed by atoms with Gasteiger partial charge in [0.25, 0.3) is 0 Å². The molecule has 1 atom stereocenters. The van der Waals surface area contributed by atoms with Gasteiger partial charge in [-0.3, -0.25) is 4.79 Å². The van der Waals surface area contributed by atoms with E-state index in [0.717, 1.165) is 0 Å². The molecular formula is C13H18ClNO3. The summed E-state index contributed by atoms with van der Waals surface area (Å²) in [6.07, 6.45) is 0.538. The Hall–Kier alpha value is -1.26. The van der Waals surface area contributed by atoms with Crippen molar-refractivity contribution in [2.45, 2.75) is 32.9 Å². The van der Waals surface area contributed by atoms with E-state index in [2.05, 4.69) is 5.32 Å². The first-order valence-corrected chi connectivity index (χ1v) is 6.21. The molecular weight excluding hydrogens is 254 g/mol. The molecule has 0 fully saturated rings. The smallest absolute Gasteiger partial charge is 0.320 e. The molecule has 1 unspecified atom stereocenters. The maximum absolute atomic E-state index is 11.1. The van der Waals surface area contributed by atoms with Gasteiger partial charge in [-0.1, -0.05) is 25.4 Å². The minimum absolute atomic E-state index is 0.112. The van der Waals surface area contributed by atoms with Gasteiger partial charge in [-0.05, 0) is 30.5 Å². The Balaban J connectivity index is 2.66. The number of phenolic OH excluding ortho intramolecular Hbond substituents is 1. The normalized spacial score (nSPS) is 12.7. The lowest BCUT2D eigenvalue weighted by Crippen LogP contribution is -2.37. The highest BCUT2D eigenvalue weighted by atomic mass is 35.5. The zero-order valence-corrected chi connectivity index (χ0v) is 11.2. The lowest BCUT2D eigenvalue weighted by molar-refractivity contribution is -0.140. The largest absolute Gasteiger partial charge is 0.508 e. The molecule has 0 aliphatic heterocycles. The van der Waals surface area contributed by atoms with E-state index >= 15 is 0 Å². The summed E-state index contributed by atoms with van der Waals surface area (Å²) in [4.78, 5) is 11.1. The van der Waals surface area contributed by atoms with Gasteiger partial charge in [0, 0.05) is 17.1 Å². The van der Waals surface area contributed by atoms with Crippen LogP contribution in [0, 0.1) is 5.92 Å². The lowest BCUT2D eigenvalue weighted by atomic mass is 10.0. The second-order valence-electron chi connectivity index (χ2n) is 4.67. The lowest BCUT2D eigenvalue weighted by Gasteiger charge is -2.17. The summed E-state index contributed by atoms with van der Waals surface area (Å²) in [5, 5.41) is 22.1. The van der Waals surface area contributed by atoms with Crippen LogP contribution in [0.4, 0.5) is 0 Å². The van der Waals surface area contributed by atoms with Gasteiger partial charge in [-0.25, -0.2) is 0 Å². The fourth-order valence-corrected chi connectivity index (χ4v) is 1.87. The summed E-state index contributed by atoms with van der Waals surface area (Å²) in [6.45, 7) is 4.21. The van der Waals surface area contributed by atoms with E-state index in [-0.39, 0.29) is 18.2 Å². The molecule has 3 N–H and O–H groups in total. The standard InChI is InChI=1S/C13H18ClNO3/c1-8(2)5-11(13(17)18)15-7-9-6-10(14)3-4-12(9)16/h3-4,6,8,11,15-16H,5,7H2,1-2H3,(H,17,18). The third-order valence-corrected chi connectivity index (χ3v) is 2.82. The molecule has 0 aliphatic rings. The van der Waals surface area contributed by atoms with E-state index < -0.39 is 12.0 Å². The van der Waals surface area contributed by atoms with Crippen LogP contribution >= 0.6 is 11.6 Å². The molecule has 0 aliphatic carbocycles. The van der Waals surface area contributed by atoms with E-state index in [1.165, 1.54) is 6.07 Å². The second-order valence-corrected chi connectivity index (χ2v) is 5.11. The van der Waals surface area contributed by atoms with Gasteiger partial charge >= 0.3 is 5.97 Å². The monoisotopic (exact) mass is 271 g/mol. The molecule has 0 radical (unpaired) electrons. The summed E-state index contributed by atoms with van der Waals surface area (Å²) in [6, 6.07) is 4.09. The summed E-state index contributed by atoms with van der Waals surface area (Å²) in [7, 11) is 0. The van der Waals surface area contributed by atoms with Gasteiger partial charge in [0.1, 0.15) is 11.8 Å². The van der Waals surface area contributed by atoms with Gasteiger partial charge in [0.2, 0.25) is 0 Å². The van der Waals surface area contributed by atoms with Gasteiger partial charge in [0.15, 0.2) is 0 Å². The van der Waals surface area contributed by atoms with Gasteiger partial charge < -0.3 is 15.5 Å². The number of benzene rings is 1. The maximum Gasteiger partial charge on any atom is 0.320 e. The van der Waals surface area contributed by atoms with E-state index in [9.17, 15) is 9.90 Å². The number of carboxylic acids is 1. The van der Waals surface area contributed by atoms with Crippen LogP contribution in [0.25, 0.3) is 0 Å². The van der Waals surface area contributed by atoms with Crippen molar-refractivity contribution in [2.75, 3.05) is 0 Å². The van der Waals surface area contributed by atoms with Crippen molar-refractivity contribution >= 4 is 17.6 Å². The number of hydrogen-bond acceptors (Lipinski definition) is 3. The molecule has 1 aromatic rings. The Kier molecular flexibility index (Phi) is 5.44. The molecule has 0 amide bonds. The van der Waals surface area contributed by atoms with Crippen LogP contribution in [0.5, 0.6) is 5.75 Å². The number of carbonyl (C=O) groups is 1. The summed E-state index contributed by atoms with van der Waals surface area (Å²) in [5.41, 5.74) is 0.595. The quantitative estimate of drug-likeness (QED) is 0.744. The first-order valence-electron chi connectivity index (χ1n) is 5.83. The predicted octanol–water partition coefficient (Wildman–Crippen LogP) is 2.63. The van der Waals surface area contributed by atoms with Crippen LogP contribution in [0.15, 0.2) is 18.2 Å². The van der Waals surface area contributed by atoms with E-state index in [0.29, 0.717) is 17.0 Å². The zero-order chi connectivity index (χ0) is 13.7. The summed E-state index contributed by atoms with van der Waals surface area (Å²) in [5.74, 6) is -0.489. The highest BCUT2D eigenvalue weighted by Gasteiger charge is 2.18. The SMILES string of the molecule is CC(C)CC(NCc1cc(Cl)ccc1O)C(=O)O. The molecule has 0 heterocycles. The number of aliphatic carboxylic acids is 1. The topological polar surface area (TPSA) is 69.6 Å². The number of rotatable bonds is 6. The van der Waals surface area contributed by atoms with E-state index in [4.69, 9.17) is 16.7 Å². The number of aromatic hydroxyl groups is 1. The van der Waals surface area contributed by atoms with Gasteiger partial charge in [0.05, 0.1) is 0 Å². The molecule has 4 nitrogen and oxygen atoms in total. The Morgan fingerprint density at radius 1 is 1.44 bits per heavy atom. The van der Waals surface area contributed by atoms with Crippen LogP contribution in [0.2, 0.25) is 5.02 Å². The molecule has 1 rings (SSSR count). The minimum Gasteiger partial charge on any atom is -0.508 e. The maximum atomic E-state index is 11.1. The highest BCUT2D eigenvalue weighted by molar-refractivity contribution is 6.30. The van der Waals surface area contributed by atoms with Crippen molar-refractivity contribution in [2.24, 2.45) is 5.92 Å². The van der Waals surface area contributed by atoms with Crippen molar-refractivity contribution in [3.63, 3.8) is 0 Å². The molecule has 0 bridgehead atoms. The molecule has 100 valence electrons. The van der Waals surface area contributed by atoms with Crippen molar-refractivity contribution < 1.29 is 15.0 Å². The van der Waals surface area contributed by atoms with Crippen LogP contribution in [-0.4, -0.2) is 22.2 Å². The van der Waals surface area contributed by atoms with Gasteiger partial charge in [-0.15, -0.1) is 0 Å².